The third kappa shape index (κ3) is 4.98. The summed E-state index contributed by atoms with van der Waals surface area (Å²) in [5.41, 5.74) is 0. The van der Waals surface area contributed by atoms with Crippen LogP contribution in [0.15, 0.2) is 22.8 Å². The van der Waals surface area contributed by atoms with Crippen LogP contribution in [-0.2, 0) is 11.2 Å². The van der Waals surface area contributed by atoms with E-state index in [1.54, 1.807) is 6.26 Å². The normalized spacial score (nSPS) is 12.4. The van der Waals surface area contributed by atoms with Crippen LogP contribution in [0, 0.1) is 0 Å². The number of carbonyl (C=O) groups excluding carboxylic acids is 1. The molecule has 2 N–H and O–H groups in total. The first-order valence-electron chi connectivity index (χ1n) is 5.74. The summed E-state index contributed by atoms with van der Waals surface area (Å²) in [5, 5.41) is 5.98. The lowest BCUT2D eigenvalue weighted by molar-refractivity contribution is -0.120. The highest BCUT2D eigenvalue weighted by atomic mass is 16.3. The van der Waals surface area contributed by atoms with Gasteiger partial charge in [0.25, 0.3) is 0 Å². The van der Waals surface area contributed by atoms with Crippen LogP contribution in [0.1, 0.15) is 26.0 Å². The smallest absolute Gasteiger partial charge is 0.233 e. The maximum absolute atomic E-state index is 11.3. The molecule has 0 aliphatic carbocycles. The Bertz CT molecular complexity index is 296. The fraction of sp³-hybridized carbons (Fsp3) is 0.583. The van der Waals surface area contributed by atoms with Gasteiger partial charge in [-0.2, -0.15) is 0 Å². The van der Waals surface area contributed by atoms with Gasteiger partial charge in [-0.25, -0.2) is 0 Å². The first-order valence-corrected chi connectivity index (χ1v) is 5.74. The second kappa shape index (κ2) is 7.06. The van der Waals surface area contributed by atoms with E-state index >= 15 is 0 Å². The monoisotopic (exact) mass is 224 g/mol. The minimum Gasteiger partial charge on any atom is -0.469 e. The van der Waals surface area contributed by atoms with Gasteiger partial charge >= 0.3 is 0 Å². The van der Waals surface area contributed by atoms with Gasteiger partial charge in [0.15, 0.2) is 0 Å². The lowest BCUT2D eigenvalue weighted by Gasteiger charge is -2.12. The number of hydrogen-bond acceptors (Lipinski definition) is 3. The molecule has 1 atom stereocenters. The molecule has 1 unspecified atom stereocenters. The summed E-state index contributed by atoms with van der Waals surface area (Å²) in [6.45, 7) is 5.18. The van der Waals surface area contributed by atoms with E-state index in [1.807, 2.05) is 26.0 Å². The molecule has 0 aliphatic rings. The van der Waals surface area contributed by atoms with Crippen LogP contribution in [0.25, 0.3) is 0 Å². The van der Waals surface area contributed by atoms with Gasteiger partial charge in [-0.05, 0) is 25.5 Å². The molecule has 16 heavy (non-hydrogen) atoms. The van der Waals surface area contributed by atoms with E-state index in [4.69, 9.17) is 4.42 Å². The summed E-state index contributed by atoms with van der Waals surface area (Å²) in [4.78, 5) is 11.3. The summed E-state index contributed by atoms with van der Waals surface area (Å²) in [6, 6.07) is 4.05. The lowest BCUT2D eigenvalue weighted by Crippen LogP contribution is -2.39. The molecule has 0 bridgehead atoms. The second-order valence-electron chi connectivity index (χ2n) is 3.92. The first-order chi connectivity index (χ1) is 7.72. The molecule has 4 heteroatoms. The summed E-state index contributed by atoms with van der Waals surface area (Å²) in [7, 11) is 0. The Morgan fingerprint density at radius 2 is 2.38 bits per heavy atom. The van der Waals surface area contributed by atoms with Crippen molar-refractivity contribution in [3.8, 4) is 0 Å². The highest BCUT2D eigenvalue weighted by Crippen LogP contribution is 2.03. The van der Waals surface area contributed by atoms with Crippen molar-refractivity contribution in [2.75, 3.05) is 13.1 Å². The molecule has 0 spiro atoms. The van der Waals surface area contributed by atoms with E-state index < -0.39 is 0 Å². The number of amides is 1. The van der Waals surface area contributed by atoms with Gasteiger partial charge in [-0.3, -0.25) is 4.79 Å². The maximum Gasteiger partial charge on any atom is 0.233 e. The quantitative estimate of drug-likeness (QED) is 0.734. The molecule has 0 saturated carbocycles. The van der Waals surface area contributed by atoms with Crippen molar-refractivity contribution >= 4 is 5.91 Å². The fourth-order valence-electron chi connectivity index (χ4n) is 1.40. The van der Waals surface area contributed by atoms with Crippen LogP contribution in [0.2, 0.25) is 0 Å². The lowest BCUT2D eigenvalue weighted by atomic mass is 10.2. The first kappa shape index (κ1) is 12.8. The van der Waals surface area contributed by atoms with Gasteiger partial charge in [0.1, 0.15) is 5.76 Å². The molecule has 0 aliphatic heterocycles. The Kier molecular flexibility index (Phi) is 5.64. The van der Waals surface area contributed by atoms with E-state index in [2.05, 4.69) is 10.6 Å². The van der Waals surface area contributed by atoms with Gasteiger partial charge in [0.05, 0.1) is 12.8 Å². The zero-order valence-corrected chi connectivity index (χ0v) is 9.95. The average molecular weight is 224 g/mol. The Balaban J connectivity index is 2.15. The van der Waals surface area contributed by atoms with E-state index in [1.165, 1.54) is 0 Å². The van der Waals surface area contributed by atoms with E-state index in [0.717, 1.165) is 25.1 Å². The molecule has 0 aromatic carbocycles. The van der Waals surface area contributed by atoms with Crippen molar-refractivity contribution in [2.45, 2.75) is 32.7 Å². The molecule has 0 radical (unpaired) electrons. The molecule has 1 amide bonds. The SMILES string of the molecule is CCCNC(=O)CNC(C)Cc1ccco1. The number of nitrogens with one attached hydrogen (secondary N) is 2. The maximum atomic E-state index is 11.3. The molecule has 4 nitrogen and oxygen atoms in total. The van der Waals surface area contributed by atoms with Crippen LogP contribution in [0.5, 0.6) is 0 Å². The van der Waals surface area contributed by atoms with Crippen LogP contribution >= 0.6 is 0 Å². The summed E-state index contributed by atoms with van der Waals surface area (Å²) in [6.07, 6.45) is 3.43. The van der Waals surface area contributed by atoms with Gasteiger partial charge in [-0.15, -0.1) is 0 Å². The second-order valence-corrected chi connectivity index (χ2v) is 3.92. The van der Waals surface area contributed by atoms with Gasteiger partial charge in [-0.1, -0.05) is 6.92 Å². The van der Waals surface area contributed by atoms with Crippen molar-refractivity contribution in [2.24, 2.45) is 0 Å². The number of hydrogen-bond donors (Lipinski definition) is 2. The minimum absolute atomic E-state index is 0.0492. The molecule has 1 aromatic rings. The third-order valence-corrected chi connectivity index (χ3v) is 2.27. The van der Waals surface area contributed by atoms with Crippen molar-refractivity contribution in [3.63, 3.8) is 0 Å². The molecular weight excluding hydrogens is 204 g/mol. The Morgan fingerprint density at radius 3 is 3.00 bits per heavy atom. The third-order valence-electron chi connectivity index (χ3n) is 2.27. The molecule has 0 saturated heterocycles. The molecule has 1 aromatic heterocycles. The Morgan fingerprint density at radius 1 is 1.56 bits per heavy atom. The van der Waals surface area contributed by atoms with Gasteiger partial charge < -0.3 is 15.1 Å². The average Bonchev–Trinajstić information content (AvgIpc) is 2.76. The van der Waals surface area contributed by atoms with Crippen LogP contribution in [-0.4, -0.2) is 25.0 Å². The minimum atomic E-state index is 0.0492. The predicted molar refractivity (Wildman–Crippen MR) is 63.2 cm³/mol. The van der Waals surface area contributed by atoms with Gasteiger partial charge in [0, 0.05) is 19.0 Å². The topological polar surface area (TPSA) is 54.3 Å². The molecule has 0 fully saturated rings. The molecule has 1 rings (SSSR count). The summed E-state index contributed by atoms with van der Waals surface area (Å²) in [5.74, 6) is 0.988. The summed E-state index contributed by atoms with van der Waals surface area (Å²) >= 11 is 0. The molecule has 90 valence electrons. The predicted octanol–water partition coefficient (Wildman–Crippen LogP) is 1.33. The highest BCUT2D eigenvalue weighted by molar-refractivity contribution is 5.77. The zero-order valence-electron chi connectivity index (χ0n) is 9.95. The standard InChI is InChI=1S/C12H20N2O2/c1-3-6-13-12(15)9-14-10(2)8-11-5-4-7-16-11/h4-5,7,10,14H,3,6,8-9H2,1-2H3,(H,13,15). The van der Waals surface area contributed by atoms with Crippen LogP contribution in [0.3, 0.4) is 0 Å². The Labute approximate surface area is 96.4 Å². The molecule has 1 heterocycles. The van der Waals surface area contributed by atoms with Crippen LogP contribution < -0.4 is 10.6 Å². The van der Waals surface area contributed by atoms with Crippen molar-refractivity contribution in [1.29, 1.82) is 0 Å². The van der Waals surface area contributed by atoms with Crippen molar-refractivity contribution in [1.82, 2.24) is 10.6 Å². The van der Waals surface area contributed by atoms with Crippen LogP contribution in [0.4, 0.5) is 0 Å². The Hall–Kier alpha value is -1.29. The van der Waals surface area contributed by atoms with Gasteiger partial charge in [0.2, 0.25) is 5.91 Å². The van der Waals surface area contributed by atoms with E-state index in [-0.39, 0.29) is 11.9 Å². The van der Waals surface area contributed by atoms with E-state index in [9.17, 15) is 4.79 Å². The number of furan rings is 1. The fourth-order valence-corrected chi connectivity index (χ4v) is 1.40. The van der Waals surface area contributed by atoms with Crippen molar-refractivity contribution in [3.05, 3.63) is 24.2 Å². The number of rotatable bonds is 7. The largest absolute Gasteiger partial charge is 0.469 e. The molecular formula is C12H20N2O2. The van der Waals surface area contributed by atoms with Crippen molar-refractivity contribution < 1.29 is 9.21 Å². The number of carbonyl (C=O) groups is 1. The highest BCUT2D eigenvalue weighted by Gasteiger charge is 2.07. The zero-order chi connectivity index (χ0) is 11.8. The summed E-state index contributed by atoms with van der Waals surface area (Å²) < 4.78 is 5.24. The van der Waals surface area contributed by atoms with E-state index in [0.29, 0.717) is 6.54 Å².